The van der Waals surface area contributed by atoms with Crippen molar-refractivity contribution in [3.05, 3.63) is 6.20 Å². The summed E-state index contributed by atoms with van der Waals surface area (Å²) in [5.74, 6) is 0.243. The third kappa shape index (κ3) is 0.971. The number of nitrogens with one attached hydrogen (secondary N) is 1. The smallest absolute Gasteiger partial charge is 0.521 e. The molecule has 8 heavy (non-hydrogen) atoms. The van der Waals surface area contributed by atoms with Crippen LogP contribution in [-0.4, -0.2) is 28.1 Å². The highest BCUT2D eigenvalue weighted by Gasteiger charge is 1.93. The van der Waals surface area contributed by atoms with Gasteiger partial charge in [-0.3, -0.25) is 0 Å². The molecular weight excluding hydrogens is 109 g/mol. The summed E-state index contributed by atoms with van der Waals surface area (Å²) in [4.78, 5) is 0. The minimum Gasteiger partial charge on any atom is -0.521 e. The molecule has 41 valence electrons. The van der Waals surface area contributed by atoms with Gasteiger partial charge in [-0.2, -0.15) is 10.3 Å². The minimum atomic E-state index is 0.243. The van der Waals surface area contributed by atoms with Gasteiger partial charge in [0.1, 0.15) is 6.20 Å². The van der Waals surface area contributed by atoms with Crippen molar-refractivity contribution in [2.24, 2.45) is 0 Å². The SMILES string of the molecule is O[B]Oc1cn[nH]n1. The molecule has 6 heteroatoms. The Morgan fingerprint density at radius 2 is 2.75 bits per heavy atom. The summed E-state index contributed by atoms with van der Waals surface area (Å²) in [5, 5.41) is 17.2. The number of aromatic nitrogens is 3. The summed E-state index contributed by atoms with van der Waals surface area (Å²) in [5.41, 5.74) is 0. The van der Waals surface area contributed by atoms with Crippen molar-refractivity contribution >= 4 is 7.69 Å². The number of H-pyrrole nitrogens is 1. The molecule has 0 spiro atoms. The van der Waals surface area contributed by atoms with Crippen molar-refractivity contribution in [1.82, 2.24) is 15.4 Å². The average Bonchev–Trinajstić information content (AvgIpc) is 2.19. The molecule has 0 aliphatic heterocycles. The second-order valence-corrected chi connectivity index (χ2v) is 1.03. The Kier molecular flexibility index (Phi) is 1.48. The van der Waals surface area contributed by atoms with Crippen molar-refractivity contribution in [3.63, 3.8) is 0 Å². The van der Waals surface area contributed by atoms with E-state index in [1.54, 1.807) is 0 Å². The number of hydrogen-bond donors (Lipinski definition) is 2. The first-order valence-electron chi connectivity index (χ1n) is 1.92. The fraction of sp³-hybridized carbons (Fsp3) is 0. The van der Waals surface area contributed by atoms with E-state index in [1.807, 2.05) is 0 Å². The molecular formula is C2H3BN3O2. The molecule has 0 atom stereocenters. The molecule has 0 unspecified atom stereocenters. The first-order chi connectivity index (χ1) is 3.93. The number of rotatable bonds is 2. The average molecular weight is 112 g/mol. The van der Waals surface area contributed by atoms with Crippen LogP contribution in [0.25, 0.3) is 0 Å². The van der Waals surface area contributed by atoms with Gasteiger partial charge in [-0.05, 0) is 0 Å². The topological polar surface area (TPSA) is 71.0 Å². The molecule has 0 aromatic carbocycles. The molecule has 1 aromatic heterocycles. The Balaban J connectivity index is 2.50. The van der Waals surface area contributed by atoms with E-state index in [4.69, 9.17) is 5.02 Å². The fourth-order valence-electron chi connectivity index (χ4n) is 0.302. The maximum Gasteiger partial charge on any atom is 0.570 e. The zero-order valence-corrected chi connectivity index (χ0v) is 3.90. The highest BCUT2D eigenvalue weighted by atomic mass is 16.5. The van der Waals surface area contributed by atoms with Crippen molar-refractivity contribution in [3.8, 4) is 5.88 Å². The van der Waals surface area contributed by atoms with Crippen LogP contribution in [0, 0.1) is 0 Å². The maximum absolute atomic E-state index is 8.01. The molecule has 0 fully saturated rings. The summed E-state index contributed by atoms with van der Waals surface area (Å²) < 4.78 is 4.37. The lowest BCUT2D eigenvalue weighted by molar-refractivity contribution is 0.442. The molecule has 5 nitrogen and oxygen atoms in total. The molecule has 1 radical (unpaired) electrons. The van der Waals surface area contributed by atoms with Crippen LogP contribution in [0.5, 0.6) is 5.88 Å². The van der Waals surface area contributed by atoms with Gasteiger partial charge >= 0.3 is 7.69 Å². The van der Waals surface area contributed by atoms with E-state index in [0.29, 0.717) is 7.69 Å². The quantitative estimate of drug-likeness (QED) is 0.467. The Labute approximate surface area is 46.0 Å². The van der Waals surface area contributed by atoms with Crippen LogP contribution in [0.15, 0.2) is 6.20 Å². The zero-order chi connectivity index (χ0) is 5.82. The molecule has 0 aliphatic carbocycles. The molecule has 0 saturated heterocycles. The van der Waals surface area contributed by atoms with Crippen molar-refractivity contribution in [1.29, 1.82) is 0 Å². The summed E-state index contributed by atoms with van der Waals surface area (Å²) in [6.07, 6.45) is 1.34. The lowest BCUT2D eigenvalue weighted by Gasteiger charge is -1.87. The third-order valence-corrected chi connectivity index (χ3v) is 0.566. The summed E-state index contributed by atoms with van der Waals surface area (Å²) >= 11 is 0. The van der Waals surface area contributed by atoms with Crippen LogP contribution in [0.2, 0.25) is 0 Å². The van der Waals surface area contributed by atoms with Gasteiger partial charge in [-0.15, -0.1) is 5.10 Å². The van der Waals surface area contributed by atoms with Crippen LogP contribution < -0.4 is 4.65 Å². The molecule has 0 bridgehead atoms. The normalized spacial score (nSPS) is 8.62. The molecule has 1 aromatic rings. The van der Waals surface area contributed by atoms with Gasteiger partial charge in [-0.1, -0.05) is 0 Å². The summed E-state index contributed by atoms with van der Waals surface area (Å²) in [6.45, 7) is 0. The lowest BCUT2D eigenvalue weighted by Crippen LogP contribution is -1.99. The second kappa shape index (κ2) is 2.32. The second-order valence-electron chi connectivity index (χ2n) is 1.03. The molecule has 0 saturated carbocycles. The highest BCUT2D eigenvalue weighted by Crippen LogP contribution is 1.95. The number of nitrogens with zero attached hydrogens (tertiary/aromatic N) is 2. The predicted molar refractivity (Wildman–Crippen MR) is 25.0 cm³/mol. The Bertz CT molecular complexity index is 141. The summed E-state index contributed by atoms with van der Waals surface area (Å²) in [6, 6.07) is 0. The maximum atomic E-state index is 8.01. The monoisotopic (exact) mass is 112 g/mol. The summed E-state index contributed by atoms with van der Waals surface area (Å²) in [7, 11) is 0.540. The van der Waals surface area contributed by atoms with E-state index in [0.717, 1.165) is 0 Å². The van der Waals surface area contributed by atoms with E-state index in [2.05, 4.69) is 20.1 Å². The molecule has 1 rings (SSSR count). The Morgan fingerprint density at radius 1 is 1.88 bits per heavy atom. The third-order valence-electron chi connectivity index (χ3n) is 0.566. The van der Waals surface area contributed by atoms with Gasteiger partial charge in [0.2, 0.25) is 5.88 Å². The first kappa shape index (κ1) is 5.11. The van der Waals surface area contributed by atoms with Gasteiger partial charge in [0.15, 0.2) is 0 Å². The van der Waals surface area contributed by atoms with Gasteiger partial charge < -0.3 is 9.68 Å². The van der Waals surface area contributed by atoms with Gasteiger partial charge in [0.25, 0.3) is 0 Å². The van der Waals surface area contributed by atoms with Crippen LogP contribution >= 0.6 is 0 Å². The van der Waals surface area contributed by atoms with E-state index in [-0.39, 0.29) is 5.88 Å². The molecule has 1 heterocycles. The van der Waals surface area contributed by atoms with Crippen molar-refractivity contribution < 1.29 is 9.68 Å². The van der Waals surface area contributed by atoms with Crippen molar-refractivity contribution in [2.45, 2.75) is 0 Å². The van der Waals surface area contributed by atoms with Crippen LogP contribution in [0.3, 0.4) is 0 Å². The van der Waals surface area contributed by atoms with Gasteiger partial charge in [0, 0.05) is 0 Å². The molecule has 0 aliphatic rings. The Hall–Kier alpha value is -1.04. The van der Waals surface area contributed by atoms with Crippen LogP contribution in [0.4, 0.5) is 0 Å². The minimum absolute atomic E-state index is 0.243. The van der Waals surface area contributed by atoms with E-state index < -0.39 is 0 Å². The number of hydrogen-bond acceptors (Lipinski definition) is 4. The van der Waals surface area contributed by atoms with Crippen LogP contribution in [0.1, 0.15) is 0 Å². The predicted octanol–water partition coefficient (Wildman–Crippen LogP) is -1.29. The van der Waals surface area contributed by atoms with E-state index in [1.165, 1.54) is 6.20 Å². The zero-order valence-electron chi connectivity index (χ0n) is 3.90. The lowest BCUT2D eigenvalue weighted by atomic mass is 10.4. The first-order valence-corrected chi connectivity index (χ1v) is 1.92. The van der Waals surface area contributed by atoms with E-state index >= 15 is 0 Å². The largest absolute Gasteiger partial charge is 0.570 e. The molecule has 0 amide bonds. The van der Waals surface area contributed by atoms with Gasteiger partial charge in [0.05, 0.1) is 0 Å². The standard InChI is InChI=1S/C2H3BN3O2/c7-3-8-2-1-4-6-5-2/h1,7H,(H,4,5,6). The number of aromatic amines is 1. The molecule has 2 N–H and O–H groups in total. The van der Waals surface area contributed by atoms with Crippen LogP contribution in [-0.2, 0) is 0 Å². The van der Waals surface area contributed by atoms with Crippen molar-refractivity contribution in [2.75, 3.05) is 0 Å². The van der Waals surface area contributed by atoms with E-state index in [9.17, 15) is 0 Å². The Morgan fingerprint density at radius 3 is 3.25 bits per heavy atom. The van der Waals surface area contributed by atoms with Gasteiger partial charge in [-0.25, -0.2) is 0 Å². The fourth-order valence-corrected chi connectivity index (χ4v) is 0.302. The highest BCUT2D eigenvalue weighted by molar-refractivity contribution is 6.17.